The van der Waals surface area contributed by atoms with Crippen LogP contribution in [-0.2, 0) is 28.4 Å². The third kappa shape index (κ3) is 15.1. The van der Waals surface area contributed by atoms with E-state index in [1.54, 1.807) is 0 Å². The quantitative estimate of drug-likeness (QED) is 0.313. The topological polar surface area (TPSA) is 55.4 Å². The molecule has 0 aromatic carbocycles. The van der Waals surface area contributed by atoms with E-state index in [-0.39, 0.29) is 19.4 Å². The second kappa shape index (κ2) is 15.3. The molecule has 0 radical (unpaired) electrons. The smallest absolute Gasteiger partial charge is 0.160 e. The molecule has 0 aliphatic rings. The van der Waals surface area contributed by atoms with Gasteiger partial charge < -0.3 is 28.4 Å². The first-order chi connectivity index (χ1) is 11.0. The van der Waals surface area contributed by atoms with Crippen molar-refractivity contribution in [1.82, 2.24) is 0 Å². The van der Waals surface area contributed by atoms with Crippen molar-refractivity contribution in [3.05, 3.63) is 0 Å². The third-order valence-corrected chi connectivity index (χ3v) is 3.07. The fourth-order valence-corrected chi connectivity index (χ4v) is 1.72. The van der Waals surface area contributed by atoms with E-state index in [0.717, 1.165) is 25.7 Å². The first-order valence-corrected chi connectivity index (χ1v) is 8.76. The monoisotopic (exact) mass is 336 g/mol. The number of hydrogen-bond acceptors (Lipinski definition) is 6. The van der Waals surface area contributed by atoms with Gasteiger partial charge in [-0.2, -0.15) is 0 Å². The van der Waals surface area contributed by atoms with E-state index in [9.17, 15) is 0 Å². The highest BCUT2D eigenvalue weighted by molar-refractivity contribution is 4.39. The molecule has 6 heteroatoms. The van der Waals surface area contributed by atoms with Gasteiger partial charge in [0.1, 0.15) is 0 Å². The van der Waals surface area contributed by atoms with Gasteiger partial charge in [0, 0.05) is 13.2 Å². The molecule has 140 valence electrons. The van der Waals surface area contributed by atoms with Crippen molar-refractivity contribution in [3.63, 3.8) is 0 Å². The molecule has 0 amide bonds. The average Bonchev–Trinajstić information content (AvgIpc) is 2.47. The van der Waals surface area contributed by atoms with Gasteiger partial charge in [-0.3, -0.25) is 0 Å². The SMILES string of the molecule is CCCCOC(C)OC(C)OCOC(C)OC(C)OCCCC. The van der Waals surface area contributed by atoms with E-state index in [0.29, 0.717) is 13.2 Å². The first kappa shape index (κ1) is 22.8. The van der Waals surface area contributed by atoms with Crippen LogP contribution in [0, 0.1) is 0 Å². The zero-order valence-electron chi connectivity index (χ0n) is 15.7. The largest absolute Gasteiger partial charge is 0.353 e. The molecule has 0 saturated heterocycles. The number of unbranched alkanes of at least 4 members (excludes halogenated alkanes) is 2. The Morgan fingerprint density at radius 1 is 0.565 bits per heavy atom. The third-order valence-electron chi connectivity index (χ3n) is 3.07. The molecular formula is C17H36O6. The van der Waals surface area contributed by atoms with Crippen LogP contribution in [0.3, 0.4) is 0 Å². The van der Waals surface area contributed by atoms with Crippen molar-refractivity contribution >= 4 is 0 Å². The lowest BCUT2D eigenvalue weighted by atomic mass is 10.4. The summed E-state index contributed by atoms with van der Waals surface area (Å²) < 4.78 is 32.9. The van der Waals surface area contributed by atoms with Gasteiger partial charge in [0.25, 0.3) is 0 Å². The Kier molecular flexibility index (Phi) is 15.1. The Hall–Kier alpha value is -0.240. The Bertz CT molecular complexity index is 227. The Morgan fingerprint density at radius 3 is 1.26 bits per heavy atom. The number of hydrogen-bond donors (Lipinski definition) is 0. The van der Waals surface area contributed by atoms with Crippen LogP contribution < -0.4 is 0 Å². The van der Waals surface area contributed by atoms with Crippen LogP contribution in [0.2, 0.25) is 0 Å². The van der Waals surface area contributed by atoms with Crippen LogP contribution in [0.25, 0.3) is 0 Å². The predicted octanol–water partition coefficient (Wildman–Crippen LogP) is 4.03. The van der Waals surface area contributed by atoms with E-state index in [1.807, 2.05) is 27.7 Å². The van der Waals surface area contributed by atoms with Gasteiger partial charge in [0.2, 0.25) is 0 Å². The highest BCUT2D eigenvalue weighted by Gasteiger charge is 2.12. The van der Waals surface area contributed by atoms with Crippen LogP contribution in [0.5, 0.6) is 0 Å². The molecular weight excluding hydrogens is 300 g/mol. The molecule has 0 aromatic rings. The zero-order valence-corrected chi connectivity index (χ0v) is 15.7. The minimum atomic E-state index is -0.406. The maximum Gasteiger partial charge on any atom is 0.160 e. The summed E-state index contributed by atoms with van der Waals surface area (Å²) in [5, 5.41) is 0. The fraction of sp³-hybridized carbons (Fsp3) is 1.00. The van der Waals surface area contributed by atoms with E-state index in [1.165, 1.54) is 0 Å². The summed E-state index contributed by atoms with van der Waals surface area (Å²) in [6.07, 6.45) is 2.86. The summed E-state index contributed by atoms with van der Waals surface area (Å²) in [4.78, 5) is 0. The summed E-state index contributed by atoms with van der Waals surface area (Å²) in [6.45, 7) is 13.1. The molecule has 0 spiro atoms. The summed E-state index contributed by atoms with van der Waals surface area (Å²) in [5.41, 5.74) is 0. The molecule has 0 aromatic heterocycles. The van der Waals surface area contributed by atoms with Crippen molar-refractivity contribution in [2.45, 2.75) is 92.4 Å². The van der Waals surface area contributed by atoms with Crippen LogP contribution in [-0.4, -0.2) is 45.2 Å². The molecule has 0 bridgehead atoms. The highest BCUT2D eigenvalue weighted by Crippen LogP contribution is 2.06. The molecule has 0 aliphatic carbocycles. The standard InChI is InChI=1S/C17H36O6/c1-7-9-11-18-14(3)22-16(5)20-13-21-17(6)23-15(4)19-12-10-8-2/h14-17H,7-13H2,1-6H3. The lowest BCUT2D eigenvalue weighted by Gasteiger charge is -2.22. The lowest BCUT2D eigenvalue weighted by Crippen LogP contribution is -2.27. The molecule has 0 aliphatic heterocycles. The average molecular weight is 336 g/mol. The maximum atomic E-state index is 5.54. The van der Waals surface area contributed by atoms with Gasteiger partial charge >= 0.3 is 0 Å². The van der Waals surface area contributed by atoms with Crippen molar-refractivity contribution in [1.29, 1.82) is 0 Å². The fourth-order valence-electron chi connectivity index (χ4n) is 1.72. The van der Waals surface area contributed by atoms with Crippen molar-refractivity contribution < 1.29 is 28.4 Å². The van der Waals surface area contributed by atoms with Crippen LogP contribution in [0.4, 0.5) is 0 Å². The van der Waals surface area contributed by atoms with Gasteiger partial charge in [-0.15, -0.1) is 0 Å². The molecule has 0 rings (SSSR count). The van der Waals surface area contributed by atoms with E-state index in [4.69, 9.17) is 28.4 Å². The Morgan fingerprint density at radius 2 is 0.913 bits per heavy atom. The molecule has 4 unspecified atom stereocenters. The molecule has 23 heavy (non-hydrogen) atoms. The first-order valence-electron chi connectivity index (χ1n) is 8.76. The predicted molar refractivity (Wildman–Crippen MR) is 88.8 cm³/mol. The van der Waals surface area contributed by atoms with Crippen molar-refractivity contribution in [2.75, 3.05) is 20.0 Å². The molecule has 0 saturated carbocycles. The summed E-state index contributed by atoms with van der Waals surface area (Å²) in [7, 11) is 0. The second-order valence-corrected chi connectivity index (χ2v) is 5.44. The molecule has 4 atom stereocenters. The minimum absolute atomic E-state index is 0.0890. The molecule has 0 fully saturated rings. The Labute approximate surface area is 141 Å². The van der Waals surface area contributed by atoms with Gasteiger partial charge in [-0.1, -0.05) is 26.7 Å². The van der Waals surface area contributed by atoms with Gasteiger partial charge in [0.05, 0.1) is 0 Å². The minimum Gasteiger partial charge on any atom is -0.353 e. The normalized spacial score (nSPS) is 17.0. The van der Waals surface area contributed by atoms with E-state index >= 15 is 0 Å². The van der Waals surface area contributed by atoms with Gasteiger partial charge in [0.15, 0.2) is 32.0 Å². The van der Waals surface area contributed by atoms with Crippen LogP contribution in [0.15, 0.2) is 0 Å². The van der Waals surface area contributed by atoms with Gasteiger partial charge in [-0.25, -0.2) is 0 Å². The highest BCUT2D eigenvalue weighted by atomic mass is 16.8. The zero-order chi connectivity index (χ0) is 17.5. The number of ether oxygens (including phenoxy) is 6. The second-order valence-electron chi connectivity index (χ2n) is 5.44. The van der Waals surface area contributed by atoms with Gasteiger partial charge in [-0.05, 0) is 40.5 Å². The van der Waals surface area contributed by atoms with E-state index < -0.39 is 12.6 Å². The molecule has 6 nitrogen and oxygen atoms in total. The van der Waals surface area contributed by atoms with Crippen molar-refractivity contribution in [2.24, 2.45) is 0 Å². The summed E-state index contributed by atoms with van der Waals surface area (Å²) in [6, 6.07) is 0. The Balaban J connectivity index is 3.63. The molecule has 0 N–H and O–H groups in total. The summed E-state index contributed by atoms with van der Waals surface area (Å²) in [5.74, 6) is 0. The van der Waals surface area contributed by atoms with Crippen molar-refractivity contribution in [3.8, 4) is 0 Å². The lowest BCUT2D eigenvalue weighted by molar-refractivity contribution is -0.292. The number of rotatable bonds is 16. The van der Waals surface area contributed by atoms with Crippen LogP contribution >= 0.6 is 0 Å². The maximum absolute atomic E-state index is 5.54. The molecule has 0 heterocycles. The summed E-state index contributed by atoms with van der Waals surface area (Å²) >= 11 is 0. The van der Waals surface area contributed by atoms with Crippen LogP contribution in [0.1, 0.15) is 67.2 Å². The van der Waals surface area contributed by atoms with E-state index in [2.05, 4.69) is 13.8 Å².